The van der Waals surface area contributed by atoms with Crippen molar-refractivity contribution in [3.8, 4) is 5.75 Å². The minimum absolute atomic E-state index is 0.197. The van der Waals surface area contributed by atoms with Gasteiger partial charge in [0.2, 0.25) is 0 Å². The van der Waals surface area contributed by atoms with Crippen molar-refractivity contribution in [1.29, 1.82) is 0 Å². The van der Waals surface area contributed by atoms with Gasteiger partial charge < -0.3 is 14.1 Å². The molecule has 4 nitrogen and oxygen atoms in total. The molecule has 0 saturated carbocycles. The maximum Gasteiger partial charge on any atom is 0.416 e. The molecule has 0 bridgehead atoms. The molecule has 2 heterocycles. The van der Waals surface area contributed by atoms with Crippen LogP contribution in [0.2, 0.25) is 0 Å². The molecule has 3 aromatic rings. The summed E-state index contributed by atoms with van der Waals surface area (Å²) in [6.07, 6.45) is -3.68. The highest BCUT2D eigenvalue weighted by atomic mass is 19.4. The van der Waals surface area contributed by atoms with Gasteiger partial charge >= 0.3 is 11.8 Å². The van der Waals surface area contributed by atoms with Crippen LogP contribution in [0, 0.1) is 6.92 Å². The van der Waals surface area contributed by atoms with Crippen LogP contribution in [0.4, 0.5) is 18.9 Å². The average Bonchev–Trinajstić information content (AvgIpc) is 2.67. The van der Waals surface area contributed by atoms with E-state index in [1.54, 1.807) is 0 Å². The summed E-state index contributed by atoms with van der Waals surface area (Å²) in [6, 6.07) is 8.46. The number of anilines is 1. The fourth-order valence-electron chi connectivity index (χ4n) is 3.60. The molecule has 0 aliphatic carbocycles. The van der Waals surface area contributed by atoms with Gasteiger partial charge in [0.05, 0.1) is 5.56 Å². The van der Waals surface area contributed by atoms with Crippen molar-refractivity contribution >= 4 is 16.7 Å². The number of aryl methyl sites for hydroxylation is 2. The summed E-state index contributed by atoms with van der Waals surface area (Å²) in [7, 11) is 0. The van der Waals surface area contributed by atoms with Crippen LogP contribution in [-0.2, 0) is 19.1 Å². The molecule has 0 radical (unpaired) electrons. The lowest BCUT2D eigenvalue weighted by molar-refractivity contribution is -0.137. The maximum absolute atomic E-state index is 12.8. The van der Waals surface area contributed by atoms with Crippen LogP contribution in [0.15, 0.2) is 45.6 Å². The van der Waals surface area contributed by atoms with Gasteiger partial charge in [0, 0.05) is 34.8 Å². The van der Waals surface area contributed by atoms with Crippen molar-refractivity contribution in [1.82, 2.24) is 0 Å². The van der Waals surface area contributed by atoms with E-state index in [1.807, 2.05) is 24.8 Å². The summed E-state index contributed by atoms with van der Waals surface area (Å²) >= 11 is 0. The second-order valence-electron chi connectivity index (χ2n) is 6.83. The van der Waals surface area contributed by atoms with Crippen molar-refractivity contribution in [2.75, 3.05) is 11.6 Å². The molecule has 0 unspecified atom stereocenters. The van der Waals surface area contributed by atoms with Crippen molar-refractivity contribution in [2.45, 2.75) is 33.0 Å². The van der Waals surface area contributed by atoms with Crippen LogP contribution in [0.5, 0.6) is 5.75 Å². The first-order valence-electron chi connectivity index (χ1n) is 8.92. The predicted octanol–water partition coefficient (Wildman–Crippen LogP) is 5.04. The van der Waals surface area contributed by atoms with Gasteiger partial charge in [-0.3, -0.25) is 0 Å². The number of hydrogen-bond acceptors (Lipinski definition) is 4. The first-order valence-corrected chi connectivity index (χ1v) is 8.92. The van der Waals surface area contributed by atoms with Gasteiger partial charge in [0.1, 0.15) is 11.3 Å². The van der Waals surface area contributed by atoms with E-state index in [9.17, 15) is 18.0 Å². The van der Waals surface area contributed by atoms with Crippen molar-refractivity contribution in [3.05, 3.63) is 69.1 Å². The lowest BCUT2D eigenvalue weighted by Crippen LogP contribution is -2.32. The SMILES string of the molecule is CCc1cc(=O)oc2c(C)c3c(cc12)CN(c1ccc(C(F)(F)F)cc1)CO3. The standard InChI is InChI=1S/C21H18F3NO3/c1-3-13-9-18(26)28-20-12(2)19-14(8-17(13)20)10-25(11-27-19)16-6-4-15(5-7-16)21(22,23)24/h4-9H,3,10-11H2,1-2H3. The fourth-order valence-corrected chi connectivity index (χ4v) is 3.60. The summed E-state index contributed by atoms with van der Waals surface area (Å²) in [5.41, 5.74) is 2.64. The highest BCUT2D eigenvalue weighted by Crippen LogP contribution is 2.37. The molecule has 7 heteroatoms. The van der Waals surface area contributed by atoms with Gasteiger partial charge in [0.15, 0.2) is 6.73 Å². The number of rotatable bonds is 2. The van der Waals surface area contributed by atoms with E-state index in [1.165, 1.54) is 18.2 Å². The molecule has 0 amide bonds. The van der Waals surface area contributed by atoms with Crippen molar-refractivity contribution in [2.24, 2.45) is 0 Å². The van der Waals surface area contributed by atoms with Crippen LogP contribution >= 0.6 is 0 Å². The number of nitrogens with zero attached hydrogens (tertiary/aromatic N) is 1. The molecule has 2 aromatic carbocycles. The summed E-state index contributed by atoms with van der Waals surface area (Å²) in [5.74, 6) is 0.659. The summed E-state index contributed by atoms with van der Waals surface area (Å²) in [4.78, 5) is 13.7. The number of hydrogen-bond donors (Lipinski definition) is 0. The normalized spacial score (nSPS) is 14.1. The molecule has 146 valence electrons. The third-order valence-electron chi connectivity index (χ3n) is 5.04. The summed E-state index contributed by atoms with van der Waals surface area (Å²) in [6.45, 7) is 4.49. The molecule has 0 fully saturated rings. The third kappa shape index (κ3) is 3.10. The third-order valence-corrected chi connectivity index (χ3v) is 5.04. The van der Waals surface area contributed by atoms with Crippen LogP contribution in [0.3, 0.4) is 0 Å². The Hall–Kier alpha value is -2.96. The van der Waals surface area contributed by atoms with Gasteiger partial charge in [-0.25, -0.2) is 4.79 Å². The number of halogens is 3. The highest BCUT2D eigenvalue weighted by molar-refractivity contribution is 5.86. The first-order chi connectivity index (χ1) is 13.3. The zero-order chi connectivity index (χ0) is 20.1. The average molecular weight is 389 g/mol. The molecular weight excluding hydrogens is 371 g/mol. The Balaban J connectivity index is 1.73. The zero-order valence-corrected chi connectivity index (χ0v) is 15.4. The lowest BCUT2D eigenvalue weighted by Gasteiger charge is -2.32. The second kappa shape index (κ2) is 6.58. The molecular formula is C21H18F3NO3. The minimum atomic E-state index is -4.36. The van der Waals surface area contributed by atoms with E-state index in [-0.39, 0.29) is 6.73 Å². The number of fused-ring (bicyclic) bond motifs is 2. The zero-order valence-electron chi connectivity index (χ0n) is 15.4. The van der Waals surface area contributed by atoms with E-state index in [4.69, 9.17) is 9.15 Å². The molecule has 0 N–H and O–H groups in total. The number of benzene rings is 2. The second-order valence-corrected chi connectivity index (χ2v) is 6.83. The Bertz CT molecular complexity index is 1100. The fraction of sp³-hybridized carbons (Fsp3) is 0.286. The van der Waals surface area contributed by atoms with E-state index in [0.717, 1.165) is 34.2 Å². The van der Waals surface area contributed by atoms with Crippen LogP contribution < -0.4 is 15.3 Å². The van der Waals surface area contributed by atoms with Crippen LogP contribution in [0.25, 0.3) is 11.0 Å². The lowest BCUT2D eigenvalue weighted by atomic mass is 9.99. The van der Waals surface area contributed by atoms with Crippen molar-refractivity contribution < 1.29 is 22.3 Å². The van der Waals surface area contributed by atoms with E-state index < -0.39 is 17.4 Å². The Morgan fingerprint density at radius 3 is 2.50 bits per heavy atom. The van der Waals surface area contributed by atoms with Crippen LogP contribution in [-0.4, -0.2) is 6.73 Å². The highest BCUT2D eigenvalue weighted by Gasteiger charge is 2.30. The molecule has 1 aliphatic heterocycles. The van der Waals surface area contributed by atoms with E-state index in [0.29, 0.717) is 30.0 Å². The van der Waals surface area contributed by atoms with Gasteiger partial charge in [0.25, 0.3) is 0 Å². The smallest absolute Gasteiger partial charge is 0.416 e. The molecule has 1 aliphatic rings. The van der Waals surface area contributed by atoms with Gasteiger partial charge in [-0.05, 0) is 49.2 Å². The summed E-state index contributed by atoms with van der Waals surface area (Å²) < 4.78 is 49.6. The topological polar surface area (TPSA) is 42.7 Å². The largest absolute Gasteiger partial charge is 0.472 e. The first kappa shape index (κ1) is 18.4. The monoisotopic (exact) mass is 389 g/mol. The molecule has 28 heavy (non-hydrogen) atoms. The molecule has 0 saturated heterocycles. The number of ether oxygens (including phenoxy) is 1. The van der Waals surface area contributed by atoms with E-state index in [2.05, 4.69) is 0 Å². The molecule has 0 spiro atoms. The van der Waals surface area contributed by atoms with E-state index >= 15 is 0 Å². The van der Waals surface area contributed by atoms with Gasteiger partial charge in [-0.1, -0.05) is 6.92 Å². The Kier molecular flexibility index (Phi) is 4.33. The predicted molar refractivity (Wildman–Crippen MR) is 99.7 cm³/mol. The van der Waals surface area contributed by atoms with Crippen molar-refractivity contribution in [3.63, 3.8) is 0 Å². The van der Waals surface area contributed by atoms with Gasteiger partial charge in [-0.2, -0.15) is 13.2 Å². The molecule has 0 atom stereocenters. The summed E-state index contributed by atoms with van der Waals surface area (Å²) in [5, 5.41) is 0.858. The molecule has 1 aromatic heterocycles. The quantitative estimate of drug-likeness (QED) is 0.576. The van der Waals surface area contributed by atoms with Gasteiger partial charge in [-0.15, -0.1) is 0 Å². The molecule has 4 rings (SSSR count). The van der Waals surface area contributed by atoms with Crippen LogP contribution in [0.1, 0.15) is 29.2 Å². The number of alkyl halides is 3. The Labute approximate surface area is 159 Å². The Morgan fingerprint density at radius 2 is 1.86 bits per heavy atom. The minimum Gasteiger partial charge on any atom is -0.472 e. The maximum atomic E-state index is 12.8. The Morgan fingerprint density at radius 1 is 1.14 bits per heavy atom.